The van der Waals surface area contributed by atoms with Gasteiger partial charge in [0, 0.05) is 26.9 Å². The Bertz CT molecular complexity index is 602. The lowest BCUT2D eigenvalue weighted by Crippen LogP contribution is -2.22. The second-order valence-corrected chi connectivity index (χ2v) is 4.30. The number of rotatable bonds is 4. The zero-order valence-electron chi connectivity index (χ0n) is 10.2. The lowest BCUT2D eigenvalue weighted by molar-refractivity contribution is 0.206. The maximum Gasteiger partial charge on any atom is 0.142 e. The number of nitrogens with zero attached hydrogens (tertiary/aromatic N) is 3. The van der Waals surface area contributed by atoms with Crippen LogP contribution in [0.4, 0.5) is 5.69 Å². The number of H-pyrrole nitrogens is 1. The van der Waals surface area contributed by atoms with Crippen LogP contribution in [-0.2, 0) is 4.74 Å². The van der Waals surface area contributed by atoms with Gasteiger partial charge >= 0.3 is 0 Å². The predicted molar refractivity (Wildman–Crippen MR) is 71.0 cm³/mol. The van der Waals surface area contributed by atoms with Crippen LogP contribution in [0.3, 0.4) is 0 Å². The molecule has 2 aromatic heterocycles. The van der Waals surface area contributed by atoms with Crippen LogP contribution in [0, 0.1) is 11.3 Å². The minimum atomic E-state index is 0.396. The fraction of sp³-hybridized carbons (Fsp3) is 0.333. The second-order valence-electron chi connectivity index (χ2n) is 3.92. The van der Waals surface area contributed by atoms with E-state index < -0.39 is 0 Å². The molecule has 0 unspecified atom stereocenters. The van der Waals surface area contributed by atoms with Gasteiger partial charge in [-0.3, -0.25) is 0 Å². The Labute approximate surface area is 110 Å². The van der Waals surface area contributed by atoms with E-state index in [4.69, 9.17) is 21.6 Å². The normalized spacial score (nSPS) is 10.6. The number of fused-ring (bicyclic) bond motifs is 1. The van der Waals surface area contributed by atoms with Crippen LogP contribution >= 0.6 is 11.6 Å². The summed E-state index contributed by atoms with van der Waals surface area (Å²) in [6.07, 6.45) is 1.64. The summed E-state index contributed by atoms with van der Waals surface area (Å²) in [5, 5.41) is 10.3. The lowest BCUT2D eigenvalue weighted by atomic mass is 10.2. The third kappa shape index (κ3) is 2.26. The number of nitrogens with one attached hydrogen (secondary N) is 1. The molecular formula is C12H13ClN4O. The standard InChI is InChI=1S/C12H13ClN4O/c1-17(3-4-18-2)9-5-10(13)16-12-11(9)8(6-14)7-15-12/h5,7H,3-4H2,1-2H3,(H,15,16). The van der Waals surface area contributed by atoms with Crippen LogP contribution in [0.2, 0.25) is 5.15 Å². The van der Waals surface area contributed by atoms with E-state index in [1.165, 1.54) is 0 Å². The topological polar surface area (TPSA) is 64.9 Å². The van der Waals surface area contributed by atoms with Crippen molar-refractivity contribution >= 4 is 28.3 Å². The minimum absolute atomic E-state index is 0.396. The predicted octanol–water partition coefficient (Wildman–Crippen LogP) is 2.17. The molecule has 18 heavy (non-hydrogen) atoms. The molecule has 0 spiro atoms. The van der Waals surface area contributed by atoms with Gasteiger partial charge < -0.3 is 14.6 Å². The van der Waals surface area contributed by atoms with Crippen LogP contribution in [0.1, 0.15) is 5.56 Å². The van der Waals surface area contributed by atoms with Crippen molar-refractivity contribution in [2.45, 2.75) is 0 Å². The molecule has 0 fully saturated rings. The minimum Gasteiger partial charge on any atom is -0.383 e. The number of anilines is 1. The van der Waals surface area contributed by atoms with Crippen molar-refractivity contribution in [3.05, 3.63) is 23.0 Å². The van der Waals surface area contributed by atoms with E-state index in [0.717, 1.165) is 11.1 Å². The molecule has 0 amide bonds. The number of likely N-dealkylation sites (N-methyl/N-ethyl adjacent to an activating group) is 1. The highest BCUT2D eigenvalue weighted by atomic mass is 35.5. The summed E-state index contributed by atoms with van der Waals surface area (Å²) in [5.41, 5.74) is 2.06. The lowest BCUT2D eigenvalue weighted by Gasteiger charge is -2.20. The summed E-state index contributed by atoms with van der Waals surface area (Å²) in [7, 11) is 3.58. The summed E-state index contributed by atoms with van der Waals surface area (Å²) < 4.78 is 5.05. The Morgan fingerprint density at radius 1 is 1.61 bits per heavy atom. The molecule has 5 nitrogen and oxygen atoms in total. The fourth-order valence-corrected chi connectivity index (χ4v) is 2.01. The van der Waals surface area contributed by atoms with Crippen molar-refractivity contribution < 1.29 is 4.74 Å². The number of aromatic amines is 1. The first-order valence-corrected chi connectivity index (χ1v) is 5.83. The zero-order valence-corrected chi connectivity index (χ0v) is 11.0. The second kappa shape index (κ2) is 5.25. The van der Waals surface area contributed by atoms with Gasteiger partial charge in [0.2, 0.25) is 0 Å². The molecule has 0 saturated heterocycles. The number of aromatic nitrogens is 2. The van der Waals surface area contributed by atoms with Crippen LogP contribution in [-0.4, -0.2) is 37.3 Å². The summed E-state index contributed by atoms with van der Waals surface area (Å²) in [6, 6.07) is 3.91. The average molecular weight is 265 g/mol. The van der Waals surface area contributed by atoms with E-state index in [1.807, 2.05) is 11.9 Å². The molecule has 2 heterocycles. The number of pyridine rings is 1. The number of nitriles is 1. The first-order valence-electron chi connectivity index (χ1n) is 5.45. The third-order valence-electron chi connectivity index (χ3n) is 2.75. The molecule has 0 aliphatic carbocycles. The van der Waals surface area contributed by atoms with Gasteiger partial charge in [-0.05, 0) is 6.07 Å². The van der Waals surface area contributed by atoms with Crippen molar-refractivity contribution in [1.29, 1.82) is 5.26 Å². The van der Waals surface area contributed by atoms with E-state index in [-0.39, 0.29) is 0 Å². The quantitative estimate of drug-likeness (QED) is 0.860. The van der Waals surface area contributed by atoms with Crippen LogP contribution in [0.5, 0.6) is 0 Å². The summed E-state index contributed by atoms with van der Waals surface area (Å²) in [5.74, 6) is 0. The Morgan fingerprint density at radius 3 is 3.06 bits per heavy atom. The van der Waals surface area contributed by atoms with Gasteiger partial charge in [0.05, 0.1) is 23.2 Å². The van der Waals surface area contributed by atoms with Crippen molar-refractivity contribution in [1.82, 2.24) is 9.97 Å². The molecule has 2 rings (SSSR count). The summed E-state index contributed by atoms with van der Waals surface area (Å²) in [4.78, 5) is 9.12. The van der Waals surface area contributed by atoms with Gasteiger partial charge in [-0.25, -0.2) is 4.98 Å². The molecule has 1 N–H and O–H groups in total. The van der Waals surface area contributed by atoms with Crippen LogP contribution in [0.15, 0.2) is 12.3 Å². The highest BCUT2D eigenvalue weighted by molar-refractivity contribution is 6.30. The van der Waals surface area contributed by atoms with E-state index >= 15 is 0 Å². The molecule has 0 aromatic carbocycles. The smallest absolute Gasteiger partial charge is 0.142 e. The molecule has 0 aliphatic heterocycles. The molecule has 2 aromatic rings. The van der Waals surface area contributed by atoms with Crippen LogP contribution in [0.25, 0.3) is 11.0 Å². The van der Waals surface area contributed by atoms with Gasteiger partial charge in [-0.2, -0.15) is 5.26 Å². The molecule has 0 bridgehead atoms. The molecule has 0 aliphatic rings. The average Bonchev–Trinajstić information content (AvgIpc) is 2.77. The maximum atomic E-state index is 9.10. The largest absolute Gasteiger partial charge is 0.383 e. The van der Waals surface area contributed by atoms with Gasteiger partial charge in [0.15, 0.2) is 0 Å². The number of hydrogen-bond acceptors (Lipinski definition) is 4. The fourth-order valence-electron chi connectivity index (χ4n) is 1.82. The van der Waals surface area contributed by atoms with Gasteiger partial charge in [-0.1, -0.05) is 11.6 Å². The van der Waals surface area contributed by atoms with E-state index in [0.29, 0.717) is 29.5 Å². The SMILES string of the molecule is COCCN(C)c1cc(Cl)nc2[nH]cc(C#N)c12. The third-order valence-corrected chi connectivity index (χ3v) is 2.95. The first kappa shape index (κ1) is 12.7. The van der Waals surface area contributed by atoms with Crippen molar-refractivity contribution in [2.75, 3.05) is 32.2 Å². The first-order chi connectivity index (χ1) is 8.67. The van der Waals surface area contributed by atoms with E-state index in [1.54, 1.807) is 19.4 Å². The van der Waals surface area contributed by atoms with Gasteiger partial charge in [0.25, 0.3) is 0 Å². The Hall–Kier alpha value is -1.77. The van der Waals surface area contributed by atoms with Gasteiger partial charge in [-0.15, -0.1) is 0 Å². The van der Waals surface area contributed by atoms with Crippen LogP contribution < -0.4 is 4.90 Å². The Morgan fingerprint density at radius 2 is 2.39 bits per heavy atom. The molecule has 94 valence electrons. The molecule has 0 atom stereocenters. The zero-order chi connectivity index (χ0) is 13.1. The number of methoxy groups -OCH3 is 1. The molecular weight excluding hydrogens is 252 g/mol. The maximum absolute atomic E-state index is 9.10. The molecule has 0 saturated carbocycles. The van der Waals surface area contributed by atoms with Crippen molar-refractivity contribution in [2.24, 2.45) is 0 Å². The highest BCUT2D eigenvalue weighted by Gasteiger charge is 2.14. The highest BCUT2D eigenvalue weighted by Crippen LogP contribution is 2.30. The van der Waals surface area contributed by atoms with Gasteiger partial charge in [0.1, 0.15) is 16.9 Å². The van der Waals surface area contributed by atoms with Crippen molar-refractivity contribution in [3.8, 4) is 6.07 Å². The Kier molecular flexibility index (Phi) is 3.70. The van der Waals surface area contributed by atoms with Crippen molar-refractivity contribution in [3.63, 3.8) is 0 Å². The number of halogens is 1. The molecule has 0 radical (unpaired) electrons. The van der Waals surface area contributed by atoms with E-state index in [2.05, 4.69) is 16.0 Å². The number of ether oxygens (including phenoxy) is 1. The monoisotopic (exact) mass is 264 g/mol. The Balaban J connectivity index is 2.53. The summed E-state index contributed by atoms with van der Waals surface area (Å²) in [6.45, 7) is 1.31. The summed E-state index contributed by atoms with van der Waals surface area (Å²) >= 11 is 5.98. The number of hydrogen-bond donors (Lipinski definition) is 1. The van der Waals surface area contributed by atoms with E-state index in [9.17, 15) is 0 Å². The molecule has 6 heteroatoms.